The van der Waals surface area contributed by atoms with E-state index in [-0.39, 0.29) is 48.3 Å². The van der Waals surface area contributed by atoms with Crippen molar-refractivity contribution < 1.29 is 13.2 Å². The summed E-state index contributed by atoms with van der Waals surface area (Å²) in [4.78, 5) is 47.2. The van der Waals surface area contributed by atoms with Crippen LogP contribution in [0.25, 0.3) is 11.2 Å². The summed E-state index contributed by atoms with van der Waals surface area (Å²) in [7, 11) is 0.833. The number of amides is 1. The maximum Gasteiger partial charge on any atom is 0.332 e. The van der Waals surface area contributed by atoms with Crippen LogP contribution in [-0.4, -0.2) is 77.9 Å². The van der Waals surface area contributed by atoms with Gasteiger partial charge in [0.25, 0.3) is 15.6 Å². The standard InChI is InChI=1S/C18H24N8O5S/c1-21-9-13(19-11-21)32(30,31)26-6-4-5-24(7-8-26)14(27)10-25-12-20-16-15(25)17(28)23(3)18(29)22(16)2/h9,11-12H,4-8,10H2,1-3H3. The third kappa shape index (κ3) is 3.64. The Balaban J connectivity index is 1.52. The van der Waals surface area contributed by atoms with Gasteiger partial charge in [-0.05, 0) is 6.42 Å². The first kappa shape index (κ1) is 22.0. The van der Waals surface area contributed by atoms with Gasteiger partial charge >= 0.3 is 5.69 Å². The largest absolute Gasteiger partial charge is 0.340 e. The van der Waals surface area contributed by atoms with Crippen molar-refractivity contribution in [2.45, 2.75) is 18.0 Å². The van der Waals surface area contributed by atoms with Crippen LogP contribution in [-0.2, 0) is 42.5 Å². The fraction of sp³-hybridized carbons (Fsp3) is 0.500. The molecule has 0 bridgehead atoms. The summed E-state index contributed by atoms with van der Waals surface area (Å²) in [6, 6.07) is 0. The smallest absolute Gasteiger partial charge is 0.332 e. The van der Waals surface area contributed by atoms with Crippen LogP contribution in [0.15, 0.2) is 33.5 Å². The molecule has 1 amide bonds. The first-order valence-corrected chi connectivity index (χ1v) is 11.4. The van der Waals surface area contributed by atoms with Gasteiger partial charge in [0, 0.05) is 53.5 Å². The Hall–Kier alpha value is -3.26. The fourth-order valence-electron chi connectivity index (χ4n) is 3.80. The Bertz CT molecular complexity index is 1410. The predicted molar refractivity (Wildman–Crippen MR) is 113 cm³/mol. The summed E-state index contributed by atoms with van der Waals surface area (Å²) in [5.74, 6) is -0.266. The van der Waals surface area contributed by atoms with Crippen molar-refractivity contribution in [1.82, 2.24) is 37.4 Å². The molecule has 1 saturated heterocycles. The Kier molecular flexibility index (Phi) is 5.50. The van der Waals surface area contributed by atoms with Gasteiger partial charge in [0.1, 0.15) is 6.54 Å². The molecular formula is C18H24N8O5S. The van der Waals surface area contributed by atoms with Crippen LogP contribution in [0.1, 0.15) is 6.42 Å². The van der Waals surface area contributed by atoms with Gasteiger partial charge in [-0.3, -0.25) is 18.7 Å². The molecule has 4 rings (SSSR count). The minimum atomic E-state index is -3.74. The van der Waals surface area contributed by atoms with Crippen LogP contribution < -0.4 is 11.2 Å². The molecule has 14 heteroatoms. The Labute approximate surface area is 183 Å². The summed E-state index contributed by atoms with van der Waals surface area (Å²) < 4.78 is 32.2. The third-order valence-corrected chi connectivity index (χ3v) is 7.40. The van der Waals surface area contributed by atoms with Gasteiger partial charge in [0.15, 0.2) is 16.2 Å². The van der Waals surface area contributed by atoms with Gasteiger partial charge in [-0.2, -0.15) is 4.31 Å². The van der Waals surface area contributed by atoms with Crippen LogP contribution in [0.3, 0.4) is 0 Å². The number of rotatable bonds is 4. The minimum absolute atomic E-state index is 0.0221. The lowest BCUT2D eigenvalue weighted by Gasteiger charge is -2.21. The van der Waals surface area contributed by atoms with Crippen LogP contribution in [0, 0.1) is 0 Å². The monoisotopic (exact) mass is 464 g/mol. The van der Waals surface area contributed by atoms with E-state index in [9.17, 15) is 22.8 Å². The van der Waals surface area contributed by atoms with Crippen molar-refractivity contribution in [2.24, 2.45) is 21.1 Å². The van der Waals surface area contributed by atoms with E-state index in [2.05, 4.69) is 9.97 Å². The molecule has 0 spiro atoms. The van der Waals surface area contributed by atoms with E-state index in [1.54, 1.807) is 16.5 Å². The molecule has 1 fully saturated rings. The van der Waals surface area contributed by atoms with Crippen LogP contribution in [0.5, 0.6) is 0 Å². The molecule has 0 saturated carbocycles. The zero-order chi connectivity index (χ0) is 23.2. The number of fused-ring (bicyclic) bond motifs is 1. The average Bonchev–Trinajstić information content (AvgIpc) is 3.29. The summed E-state index contributed by atoms with van der Waals surface area (Å²) in [5, 5.41) is -0.0221. The molecule has 0 N–H and O–H groups in total. The van der Waals surface area contributed by atoms with Gasteiger partial charge in [-0.1, -0.05) is 0 Å². The number of imidazole rings is 2. The minimum Gasteiger partial charge on any atom is -0.340 e. The van der Waals surface area contributed by atoms with E-state index in [1.165, 1.54) is 46.4 Å². The van der Waals surface area contributed by atoms with Crippen LogP contribution in [0.4, 0.5) is 0 Å². The zero-order valence-electron chi connectivity index (χ0n) is 18.0. The number of aryl methyl sites for hydroxylation is 2. The molecule has 0 aromatic carbocycles. The maximum absolute atomic E-state index is 13.0. The number of nitrogens with zero attached hydrogens (tertiary/aromatic N) is 8. The molecule has 3 aromatic heterocycles. The van der Waals surface area contributed by atoms with Gasteiger partial charge in [-0.15, -0.1) is 0 Å². The Morgan fingerprint density at radius 2 is 1.75 bits per heavy atom. The highest BCUT2D eigenvalue weighted by Gasteiger charge is 2.30. The van der Waals surface area contributed by atoms with Gasteiger partial charge < -0.3 is 14.0 Å². The number of hydrogen-bond acceptors (Lipinski definition) is 7. The third-order valence-electron chi connectivity index (χ3n) is 5.62. The van der Waals surface area contributed by atoms with Crippen LogP contribution >= 0.6 is 0 Å². The second-order valence-electron chi connectivity index (χ2n) is 7.77. The predicted octanol–water partition coefficient (Wildman–Crippen LogP) is -1.91. The Morgan fingerprint density at radius 1 is 1.00 bits per heavy atom. The normalized spacial score (nSPS) is 15.9. The van der Waals surface area contributed by atoms with E-state index in [4.69, 9.17) is 0 Å². The van der Waals surface area contributed by atoms with Gasteiger partial charge in [-0.25, -0.2) is 23.2 Å². The van der Waals surface area contributed by atoms with E-state index < -0.39 is 21.3 Å². The van der Waals surface area contributed by atoms with E-state index in [1.807, 2.05) is 0 Å². The maximum atomic E-state index is 13.0. The van der Waals surface area contributed by atoms with Crippen molar-refractivity contribution >= 4 is 27.1 Å². The fourth-order valence-corrected chi connectivity index (χ4v) is 5.24. The molecule has 0 radical (unpaired) electrons. The highest BCUT2D eigenvalue weighted by atomic mass is 32.2. The second-order valence-corrected chi connectivity index (χ2v) is 9.65. The lowest BCUT2D eigenvalue weighted by atomic mass is 10.3. The van der Waals surface area contributed by atoms with E-state index >= 15 is 0 Å². The van der Waals surface area contributed by atoms with Crippen molar-refractivity contribution in [3.05, 3.63) is 39.7 Å². The quantitative estimate of drug-likeness (QED) is 0.439. The number of carbonyl (C=O) groups is 1. The first-order chi connectivity index (χ1) is 15.1. The molecule has 0 unspecified atom stereocenters. The highest BCUT2D eigenvalue weighted by molar-refractivity contribution is 7.89. The number of hydrogen-bond donors (Lipinski definition) is 0. The molecule has 1 aliphatic rings. The summed E-state index contributed by atoms with van der Waals surface area (Å²) in [5.41, 5.74) is -0.663. The molecule has 3 aromatic rings. The molecule has 0 aliphatic carbocycles. The van der Waals surface area contributed by atoms with Crippen molar-refractivity contribution in [3.8, 4) is 0 Å². The lowest BCUT2D eigenvalue weighted by Crippen LogP contribution is -2.40. The average molecular weight is 465 g/mol. The summed E-state index contributed by atoms with van der Waals surface area (Å²) in [6.45, 7) is 0.881. The van der Waals surface area contributed by atoms with Gasteiger partial charge in [0.05, 0.1) is 12.7 Å². The molecular weight excluding hydrogens is 440 g/mol. The van der Waals surface area contributed by atoms with Crippen LogP contribution in [0.2, 0.25) is 0 Å². The SMILES string of the molecule is Cn1cnc(S(=O)(=O)N2CCCN(C(=O)Cn3cnc4c3c(=O)n(C)c(=O)n4C)CC2)c1. The zero-order valence-corrected chi connectivity index (χ0v) is 18.8. The topological polar surface area (TPSA) is 137 Å². The molecule has 32 heavy (non-hydrogen) atoms. The highest BCUT2D eigenvalue weighted by Crippen LogP contribution is 2.16. The summed E-state index contributed by atoms with van der Waals surface area (Å²) >= 11 is 0. The van der Waals surface area contributed by atoms with E-state index in [0.29, 0.717) is 13.0 Å². The molecule has 4 heterocycles. The summed E-state index contributed by atoms with van der Waals surface area (Å²) in [6.07, 6.45) is 4.70. The number of aromatic nitrogens is 6. The lowest BCUT2D eigenvalue weighted by molar-refractivity contribution is -0.131. The molecule has 1 aliphatic heterocycles. The first-order valence-electron chi connectivity index (χ1n) is 9.98. The van der Waals surface area contributed by atoms with Crippen molar-refractivity contribution in [3.63, 3.8) is 0 Å². The second kappa shape index (κ2) is 8.02. The molecule has 172 valence electrons. The number of sulfonamides is 1. The molecule has 0 atom stereocenters. The molecule has 13 nitrogen and oxygen atoms in total. The van der Waals surface area contributed by atoms with Gasteiger partial charge in [0.2, 0.25) is 5.91 Å². The Morgan fingerprint density at radius 3 is 2.44 bits per heavy atom. The van der Waals surface area contributed by atoms with Crippen molar-refractivity contribution in [1.29, 1.82) is 0 Å². The van der Waals surface area contributed by atoms with E-state index in [0.717, 1.165) is 4.57 Å². The number of carbonyl (C=O) groups excluding carboxylic acids is 1. The van der Waals surface area contributed by atoms with Crippen molar-refractivity contribution in [2.75, 3.05) is 26.2 Å².